The second-order valence-electron chi connectivity index (χ2n) is 13.4. The van der Waals surface area contributed by atoms with Crippen molar-refractivity contribution in [3.8, 4) is 90.2 Å². The first-order chi connectivity index (χ1) is 26.5. The van der Waals surface area contributed by atoms with Crippen molar-refractivity contribution in [1.29, 1.82) is 0 Å². The van der Waals surface area contributed by atoms with Crippen molar-refractivity contribution in [3.05, 3.63) is 175 Å². The highest BCUT2D eigenvalue weighted by molar-refractivity contribution is 5.95. The van der Waals surface area contributed by atoms with Crippen LogP contribution < -0.4 is 0 Å². The molecule has 0 radical (unpaired) electrons. The molecule has 6 nitrogen and oxygen atoms in total. The molecule has 0 unspecified atom stereocenters. The highest BCUT2D eigenvalue weighted by Gasteiger charge is 2.24. The summed E-state index contributed by atoms with van der Waals surface area (Å²) in [6.45, 7) is 6.24. The molecule has 260 valence electrons. The van der Waals surface area contributed by atoms with Gasteiger partial charge in [0, 0.05) is 22.3 Å². The van der Waals surface area contributed by atoms with Crippen molar-refractivity contribution in [2.75, 3.05) is 0 Å². The Kier molecular flexibility index (Phi) is 8.40. The van der Waals surface area contributed by atoms with Crippen LogP contribution in [-0.2, 0) is 0 Å². The van der Waals surface area contributed by atoms with Gasteiger partial charge in [-0.1, -0.05) is 103 Å². The van der Waals surface area contributed by atoms with E-state index in [1.165, 1.54) is 0 Å². The minimum absolute atomic E-state index is 0.511. The van der Waals surface area contributed by atoms with Crippen LogP contribution in [0.2, 0.25) is 0 Å². The van der Waals surface area contributed by atoms with Gasteiger partial charge >= 0.3 is 0 Å². The largest absolute Gasteiger partial charge is 0.445 e. The van der Waals surface area contributed by atoms with Crippen molar-refractivity contribution < 1.29 is 13.3 Å². The lowest BCUT2D eigenvalue weighted by molar-refractivity contribution is 0.574. The van der Waals surface area contributed by atoms with Gasteiger partial charge < -0.3 is 13.3 Å². The van der Waals surface area contributed by atoms with E-state index in [1.54, 1.807) is 24.9 Å². The number of nitrogens with zero attached hydrogens (tertiary/aromatic N) is 3. The smallest absolute Gasteiger partial charge is 0.227 e. The molecule has 0 aliphatic rings. The monoisotopic (exact) mass is 701 g/mol. The third kappa shape index (κ3) is 6.03. The van der Waals surface area contributed by atoms with Crippen LogP contribution in [0.15, 0.2) is 172 Å². The normalized spacial score (nSPS) is 11.2. The molecule has 0 spiro atoms. The number of rotatable bonds is 8. The van der Waals surface area contributed by atoms with Crippen molar-refractivity contribution in [3.63, 3.8) is 0 Å². The summed E-state index contributed by atoms with van der Waals surface area (Å²) in [5.41, 5.74) is 14.9. The van der Waals surface area contributed by atoms with Gasteiger partial charge in [0.15, 0.2) is 5.76 Å². The molecule has 9 rings (SSSR count). The quantitative estimate of drug-likeness (QED) is 0.157. The highest BCUT2D eigenvalue weighted by atomic mass is 16.4. The molecule has 0 saturated carbocycles. The van der Waals surface area contributed by atoms with Crippen LogP contribution in [0.3, 0.4) is 0 Å². The fraction of sp³-hybridized carbons (Fsp3) is 0.0625. The molecule has 0 atom stereocenters. The van der Waals surface area contributed by atoms with Crippen molar-refractivity contribution >= 4 is 0 Å². The molecule has 6 aromatic carbocycles. The first kappa shape index (κ1) is 32.8. The Morgan fingerprint density at radius 3 is 1.43 bits per heavy atom. The molecule has 0 aliphatic heterocycles. The average Bonchev–Trinajstić information content (AvgIpc) is 4.02. The third-order valence-electron chi connectivity index (χ3n) is 9.91. The molecular formula is C48H35N3O3. The average molecular weight is 702 g/mol. The topological polar surface area (TPSA) is 78.1 Å². The van der Waals surface area contributed by atoms with E-state index < -0.39 is 0 Å². The lowest BCUT2D eigenvalue weighted by atomic mass is 9.86. The maximum absolute atomic E-state index is 6.74. The van der Waals surface area contributed by atoms with Gasteiger partial charge in [0.2, 0.25) is 17.7 Å². The summed E-state index contributed by atoms with van der Waals surface area (Å²) in [6.07, 6.45) is 6.58. The van der Waals surface area contributed by atoms with E-state index in [0.717, 1.165) is 89.3 Å². The molecule has 0 bridgehead atoms. The summed E-state index contributed by atoms with van der Waals surface area (Å²) >= 11 is 0. The Morgan fingerprint density at radius 2 is 0.889 bits per heavy atom. The summed E-state index contributed by atoms with van der Waals surface area (Å²) in [5, 5.41) is 0. The van der Waals surface area contributed by atoms with Gasteiger partial charge in [-0.15, -0.1) is 0 Å². The Hall–Kier alpha value is -7.05. The maximum Gasteiger partial charge on any atom is 0.227 e. The summed E-state index contributed by atoms with van der Waals surface area (Å²) in [7, 11) is 0. The second kappa shape index (κ2) is 13.8. The summed E-state index contributed by atoms with van der Waals surface area (Å²) in [5.74, 6) is 2.32. The minimum atomic E-state index is 0.511. The van der Waals surface area contributed by atoms with Crippen LogP contribution in [-0.4, -0.2) is 15.0 Å². The standard InChI is InChI=1S/C48H35N3O3/c1-30-25-42(46-49-21-23-52-46)40(28-38(30)33-13-7-4-8-14-33)36-19-20-37(44(27-36)48-51-32(3)45(54-48)35-17-11-6-12-18-35)41-29-39(34-15-9-5-10-16-34)31(2)26-43(41)47-50-22-24-53-47/h4-29H,1-3H3. The number of hydrogen-bond donors (Lipinski definition) is 0. The van der Waals surface area contributed by atoms with Crippen LogP contribution in [0.4, 0.5) is 0 Å². The lowest BCUT2D eigenvalue weighted by Gasteiger charge is -2.18. The Bertz CT molecular complexity index is 2720. The minimum Gasteiger partial charge on any atom is -0.445 e. The van der Waals surface area contributed by atoms with Gasteiger partial charge in [0.25, 0.3) is 0 Å². The van der Waals surface area contributed by atoms with E-state index in [2.05, 4.69) is 115 Å². The molecule has 9 aromatic rings. The second-order valence-corrected chi connectivity index (χ2v) is 13.4. The molecule has 6 heteroatoms. The van der Waals surface area contributed by atoms with Gasteiger partial charge in [-0.3, -0.25) is 0 Å². The van der Waals surface area contributed by atoms with Crippen LogP contribution >= 0.6 is 0 Å². The summed E-state index contributed by atoms with van der Waals surface area (Å²) in [6, 6.07) is 46.2. The summed E-state index contributed by atoms with van der Waals surface area (Å²) in [4.78, 5) is 14.3. The van der Waals surface area contributed by atoms with E-state index in [9.17, 15) is 0 Å². The SMILES string of the molecule is Cc1cc(-c2ncco2)c(-c2ccc(-c3cc(-c4ccccc4)c(C)cc3-c3ncco3)c(-c3nc(C)c(-c4ccccc4)o3)c2)cc1-c1ccccc1. The van der Waals surface area contributed by atoms with Gasteiger partial charge in [0.05, 0.1) is 18.1 Å². The molecule has 3 aromatic heterocycles. The van der Waals surface area contributed by atoms with Crippen LogP contribution in [0.25, 0.3) is 90.2 Å². The number of benzene rings is 6. The van der Waals surface area contributed by atoms with Crippen LogP contribution in [0.1, 0.15) is 16.8 Å². The fourth-order valence-electron chi connectivity index (χ4n) is 7.29. The van der Waals surface area contributed by atoms with Crippen molar-refractivity contribution in [1.82, 2.24) is 15.0 Å². The zero-order chi connectivity index (χ0) is 36.6. The predicted octanol–water partition coefficient (Wildman–Crippen LogP) is 12.9. The molecule has 0 amide bonds. The molecule has 0 aliphatic carbocycles. The molecule has 0 fully saturated rings. The molecule has 0 N–H and O–H groups in total. The van der Waals surface area contributed by atoms with E-state index in [1.807, 2.05) is 49.4 Å². The first-order valence-electron chi connectivity index (χ1n) is 17.9. The predicted molar refractivity (Wildman–Crippen MR) is 214 cm³/mol. The number of oxazole rings is 3. The van der Waals surface area contributed by atoms with Crippen molar-refractivity contribution in [2.45, 2.75) is 20.8 Å². The fourth-order valence-corrected chi connectivity index (χ4v) is 7.29. The number of hydrogen-bond acceptors (Lipinski definition) is 6. The van der Waals surface area contributed by atoms with E-state index in [4.69, 9.17) is 18.2 Å². The first-order valence-corrected chi connectivity index (χ1v) is 17.9. The van der Waals surface area contributed by atoms with Gasteiger partial charge in [-0.05, 0) is 107 Å². The zero-order valence-corrected chi connectivity index (χ0v) is 30.1. The van der Waals surface area contributed by atoms with Gasteiger partial charge in [-0.25, -0.2) is 15.0 Å². The number of aromatic nitrogens is 3. The van der Waals surface area contributed by atoms with Crippen LogP contribution in [0.5, 0.6) is 0 Å². The molecule has 0 saturated heterocycles. The van der Waals surface area contributed by atoms with E-state index in [-0.39, 0.29) is 0 Å². The molecule has 3 heterocycles. The van der Waals surface area contributed by atoms with E-state index >= 15 is 0 Å². The third-order valence-corrected chi connectivity index (χ3v) is 9.91. The number of aryl methyl sites for hydroxylation is 3. The Morgan fingerprint density at radius 1 is 0.389 bits per heavy atom. The molecular weight excluding hydrogens is 667 g/mol. The van der Waals surface area contributed by atoms with Gasteiger partial charge in [0.1, 0.15) is 12.5 Å². The zero-order valence-electron chi connectivity index (χ0n) is 30.1. The maximum atomic E-state index is 6.74. The lowest BCUT2D eigenvalue weighted by Crippen LogP contribution is -1.96. The van der Waals surface area contributed by atoms with Gasteiger partial charge in [-0.2, -0.15) is 0 Å². The Balaban J connectivity index is 1.33. The van der Waals surface area contributed by atoms with Crippen LogP contribution in [0, 0.1) is 20.8 Å². The van der Waals surface area contributed by atoms with E-state index in [0.29, 0.717) is 17.7 Å². The van der Waals surface area contributed by atoms with Crippen molar-refractivity contribution in [2.24, 2.45) is 0 Å². The molecule has 54 heavy (non-hydrogen) atoms. The Labute approximate surface area is 313 Å². The summed E-state index contributed by atoms with van der Waals surface area (Å²) < 4.78 is 18.6. The highest BCUT2D eigenvalue weighted by Crippen LogP contribution is 2.45.